The van der Waals surface area contributed by atoms with Gasteiger partial charge in [0.25, 0.3) is 0 Å². The summed E-state index contributed by atoms with van der Waals surface area (Å²) < 4.78 is 17.9. The highest BCUT2D eigenvalue weighted by atomic mass is 32.1. The monoisotopic (exact) mass is 282 g/mol. The summed E-state index contributed by atoms with van der Waals surface area (Å²) in [6.45, 7) is 2.00. The lowest BCUT2D eigenvalue weighted by Crippen LogP contribution is -2.26. The molecule has 8 heteroatoms. The maximum absolute atomic E-state index is 13.1. The highest BCUT2D eigenvalue weighted by Gasteiger charge is 2.17. The molecule has 0 radical (unpaired) electrons. The van der Waals surface area contributed by atoms with Gasteiger partial charge in [-0.2, -0.15) is 0 Å². The van der Waals surface area contributed by atoms with Crippen LogP contribution < -0.4 is 4.90 Å². The first-order chi connectivity index (χ1) is 9.11. The maximum atomic E-state index is 13.1. The van der Waals surface area contributed by atoms with Crippen LogP contribution in [0.2, 0.25) is 0 Å². The quantitative estimate of drug-likeness (QED) is 0.864. The van der Waals surface area contributed by atoms with Crippen molar-refractivity contribution in [3.63, 3.8) is 0 Å². The van der Waals surface area contributed by atoms with Crippen molar-refractivity contribution in [3.8, 4) is 10.6 Å². The molecule has 19 heavy (non-hydrogen) atoms. The summed E-state index contributed by atoms with van der Waals surface area (Å²) in [6, 6.07) is 1.31. The van der Waals surface area contributed by atoms with E-state index in [2.05, 4.69) is 15.2 Å². The smallest absolute Gasteiger partial charge is 0.415 e. The zero-order chi connectivity index (χ0) is 13.8. The molecule has 1 amide bonds. The number of pyridine rings is 1. The normalized spacial score (nSPS) is 10.3. The van der Waals surface area contributed by atoms with E-state index in [0.717, 1.165) is 17.5 Å². The first-order valence-corrected chi connectivity index (χ1v) is 6.28. The first-order valence-electron chi connectivity index (χ1n) is 5.46. The van der Waals surface area contributed by atoms with Crippen molar-refractivity contribution >= 4 is 22.6 Å². The van der Waals surface area contributed by atoms with E-state index in [1.807, 2.05) is 0 Å². The Morgan fingerprint density at radius 2 is 2.26 bits per heavy atom. The molecule has 0 aromatic carbocycles. The van der Waals surface area contributed by atoms with Crippen LogP contribution >= 0.6 is 11.3 Å². The van der Waals surface area contributed by atoms with Crippen LogP contribution in [0.15, 0.2) is 18.5 Å². The molecule has 0 N–H and O–H groups in total. The second-order valence-corrected chi connectivity index (χ2v) is 4.50. The van der Waals surface area contributed by atoms with Crippen LogP contribution in [-0.2, 0) is 4.74 Å². The molecule has 2 rings (SSSR count). The SMILES string of the molecule is CCOC(=O)N(C)c1nnc(-c2cncc(F)c2)s1. The van der Waals surface area contributed by atoms with Gasteiger partial charge in [-0.1, -0.05) is 11.3 Å². The summed E-state index contributed by atoms with van der Waals surface area (Å²) >= 11 is 1.15. The largest absolute Gasteiger partial charge is 0.449 e. The highest BCUT2D eigenvalue weighted by Crippen LogP contribution is 2.28. The van der Waals surface area contributed by atoms with Crippen LogP contribution in [0.4, 0.5) is 14.3 Å². The Bertz CT molecular complexity index is 590. The standard InChI is InChI=1S/C11H11FN4O2S/c1-3-18-11(17)16(2)10-15-14-9(19-10)7-4-8(12)6-13-5-7/h4-6H,3H2,1-2H3. The van der Waals surface area contributed by atoms with Gasteiger partial charge in [-0.15, -0.1) is 10.2 Å². The number of nitrogens with zero attached hydrogens (tertiary/aromatic N) is 4. The van der Waals surface area contributed by atoms with Crippen molar-refractivity contribution in [3.05, 3.63) is 24.3 Å². The zero-order valence-corrected chi connectivity index (χ0v) is 11.1. The number of aromatic nitrogens is 3. The molecule has 0 spiro atoms. The Labute approximate surface area is 112 Å². The van der Waals surface area contributed by atoms with Crippen molar-refractivity contribution < 1.29 is 13.9 Å². The lowest BCUT2D eigenvalue weighted by atomic mass is 10.3. The van der Waals surface area contributed by atoms with E-state index in [0.29, 0.717) is 15.7 Å². The van der Waals surface area contributed by atoms with Crippen LogP contribution in [0.1, 0.15) is 6.92 Å². The minimum absolute atomic E-state index is 0.280. The summed E-state index contributed by atoms with van der Waals surface area (Å²) in [6.07, 6.45) is 2.08. The highest BCUT2D eigenvalue weighted by molar-refractivity contribution is 7.18. The minimum Gasteiger partial charge on any atom is -0.449 e. The molecule has 0 aliphatic heterocycles. The summed E-state index contributed by atoms with van der Waals surface area (Å²) in [5.41, 5.74) is 0.515. The molecule has 2 heterocycles. The topological polar surface area (TPSA) is 68.2 Å². The van der Waals surface area contributed by atoms with Crippen molar-refractivity contribution in [2.75, 3.05) is 18.6 Å². The Hall–Kier alpha value is -2.09. The number of hydrogen-bond acceptors (Lipinski definition) is 6. The van der Waals surface area contributed by atoms with Crippen LogP contribution in [0.5, 0.6) is 0 Å². The predicted octanol–water partition coefficient (Wildman–Crippen LogP) is 2.33. The summed E-state index contributed by atoms with van der Waals surface area (Å²) in [7, 11) is 1.53. The molecule has 0 saturated heterocycles. The second-order valence-electron chi connectivity index (χ2n) is 3.54. The van der Waals surface area contributed by atoms with Gasteiger partial charge in [0.15, 0.2) is 5.01 Å². The van der Waals surface area contributed by atoms with E-state index in [1.54, 1.807) is 6.92 Å². The number of rotatable bonds is 3. The fraction of sp³-hybridized carbons (Fsp3) is 0.273. The lowest BCUT2D eigenvalue weighted by molar-refractivity contribution is 0.161. The summed E-state index contributed by atoms with van der Waals surface area (Å²) in [4.78, 5) is 16.5. The zero-order valence-electron chi connectivity index (χ0n) is 10.3. The van der Waals surface area contributed by atoms with Gasteiger partial charge >= 0.3 is 6.09 Å². The number of ether oxygens (including phenoxy) is 1. The van der Waals surface area contributed by atoms with Gasteiger partial charge in [0.2, 0.25) is 5.13 Å². The average molecular weight is 282 g/mol. The summed E-state index contributed by atoms with van der Waals surface area (Å²) in [5.74, 6) is -0.451. The number of anilines is 1. The second kappa shape index (κ2) is 5.70. The molecule has 0 aliphatic carbocycles. The fourth-order valence-corrected chi connectivity index (χ4v) is 2.07. The number of carbonyl (C=O) groups excluding carboxylic acids is 1. The van der Waals surface area contributed by atoms with Gasteiger partial charge in [-0.05, 0) is 13.0 Å². The molecular formula is C11H11FN4O2S. The molecule has 2 aromatic heterocycles. The minimum atomic E-state index is -0.512. The number of halogens is 1. The molecule has 0 bridgehead atoms. The van der Waals surface area contributed by atoms with Crippen LogP contribution in [0, 0.1) is 5.82 Å². The third kappa shape index (κ3) is 3.02. The maximum Gasteiger partial charge on any atom is 0.415 e. The van der Waals surface area contributed by atoms with E-state index in [9.17, 15) is 9.18 Å². The van der Waals surface area contributed by atoms with Gasteiger partial charge in [0.1, 0.15) is 5.82 Å². The Kier molecular flexibility index (Phi) is 4.00. The molecule has 0 fully saturated rings. The fourth-order valence-electron chi connectivity index (χ4n) is 1.29. The molecule has 6 nitrogen and oxygen atoms in total. The van der Waals surface area contributed by atoms with Gasteiger partial charge in [0.05, 0.1) is 12.8 Å². The van der Waals surface area contributed by atoms with Crippen molar-refractivity contribution in [2.45, 2.75) is 6.92 Å². The molecular weight excluding hydrogens is 271 g/mol. The molecule has 0 saturated carbocycles. The Morgan fingerprint density at radius 1 is 1.47 bits per heavy atom. The predicted molar refractivity (Wildman–Crippen MR) is 68.5 cm³/mol. The molecule has 0 aliphatic rings. The van der Waals surface area contributed by atoms with Crippen LogP contribution in [-0.4, -0.2) is 34.9 Å². The van der Waals surface area contributed by atoms with Gasteiger partial charge in [0, 0.05) is 18.8 Å². The molecule has 100 valence electrons. The molecule has 0 atom stereocenters. The lowest BCUT2D eigenvalue weighted by Gasteiger charge is -2.11. The van der Waals surface area contributed by atoms with E-state index in [-0.39, 0.29) is 6.61 Å². The third-order valence-electron chi connectivity index (χ3n) is 2.19. The van der Waals surface area contributed by atoms with E-state index in [1.165, 1.54) is 24.2 Å². The van der Waals surface area contributed by atoms with E-state index < -0.39 is 11.9 Å². The average Bonchev–Trinajstić information content (AvgIpc) is 2.87. The molecule has 0 unspecified atom stereocenters. The summed E-state index contributed by atoms with van der Waals surface area (Å²) in [5, 5.41) is 8.63. The van der Waals surface area contributed by atoms with Crippen LogP contribution in [0.3, 0.4) is 0 Å². The van der Waals surface area contributed by atoms with Gasteiger partial charge < -0.3 is 4.74 Å². The number of amides is 1. The van der Waals surface area contributed by atoms with Gasteiger partial charge in [-0.3, -0.25) is 9.88 Å². The number of carbonyl (C=O) groups is 1. The Morgan fingerprint density at radius 3 is 2.95 bits per heavy atom. The van der Waals surface area contributed by atoms with Gasteiger partial charge in [-0.25, -0.2) is 9.18 Å². The Balaban J connectivity index is 2.21. The van der Waals surface area contributed by atoms with E-state index >= 15 is 0 Å². The third-order valence-corrected chi connectivity index (χ3v) is 3.24. The van der Waals surface area contributed by atoms with Crippen LogP contribution in [0.25, 0.3) is 10.6 Å². The van der Waals surface area contributed by atoms with Crippen molar-refractivity contribution in [1.29, 1.82) is 0 Å². The first kappa shape index (κ1) is 13.3. The van der Waals surface area contributed by atoms with Crippen molar-refractivity contribution in [2.24, 2.45) is 0 Å². The van der Waals surface area contributed by atoms with E-state index in [4.69, 9.17) is 4.74 Å². The number of hydrogen-bond donors (Lipinski definition) is 0. The van der Waals surface area contributed by atoms with Crippen molar-refractivity contribution in [1.82, 2.24) is 15.2 Å². The molecule has 2 aromatic rings.